The molecule has 3 aromatic rings. The van der Waals surface area contributed by atoms with E-state index < -0.39 is 30.2 Å². The predicted octanol–water partition coefficient (Wildman–Crippen LogP) is 5.62. The third kappa shape index (κ3) is 8.18. The number of rotatable bonds is 8. The summed E-state index contributed by atoms with van der Waals surface area (Å²) in [4.78, 5) is 27.2. The maximum Gasteiger partial charge on any atom is 0.416 e. The summed E-state index contributed by atoms with van der Waals surface area (Å²) >= 11 is 0. The second kappa shape index (κ2) is 12.8. The van der Waals surface area contributed by atoms with E-state index in [0.29, 0.717) is 30.3 Å². The van der Waals surface area contributed by atoms with E-state index in [0.717, 1.165) is 12.8 Å². The molecule has 0 aliphatic carbocycles. The molecular weight excluding hydrogens is 560 g/mol. The van der Waals surface area contributed by atoms with Gasteiger partial charge in [0.1, 0.15) is 5.60 Å². The maximum atomic E-state index is 15.1. The minimum absolute atomic E-state index is 0.00212. The van der Waals surface area contributed by atoms with Gasteiger partial charge in [0.2, 0.25) is 11.8 Å². The fourth-order valence-electron chi connectivity index (χ4n) is 4.17. The molecule has 1 aliphatic rings. The topological polar surface area (TPSA) is 122 Å². The van der Waals surface area contributed by atoms with Gasteiger partial charge in [-0.1, -0.05) is 6.07 Å². The number of nitrogens with one attached hydrogen (secondary N) is 2. The molecule has 4 rings (SSSR count). The molecular formula is C28H32F4N6O4. The molecule has 10 nitrogen and oxygen atoms in total. The van der Waals surface area contributed by atoms with E-state index in [1.807, 2.05) is 20.8 Å². The summed E-state index contributed by atoms with van der Waals surface area (Å²) in [5.41, 5.74) is -0.0605. The number of aliphatic hydroxyl groups excluding tert-OH is 1. The van der Waals surface area contributed by atoms with Crippen molar-refractivity contribution < 1.29 is 36.9 Å². The average Bonchev–Trinajstić information content (AvgIpc) is 2.92. The quantitative estimate of drug-likeness (QED) is 0.286. The smallest absolute Gasteiger partial charge is 0.416 e. The maximum absolute atomic E-state index is 15.1. The molecule has 2 atom stereocenters. The summed E-state index contributed by atoms with van der Waals surface area (Å²) in [6.45, 7) is 5.49. The second-order valence-corrected chi connectivity index (χ2v) is 10.7. The van der Waals surface area contributed by atoms with Crippen LogP contribution in [0.15, 0.2) is 48.8 Å². The normalized spacial score (nSPS) is 16.5. The highest BCUT2D eigenvalue weighted by Gasteiger charge is 2.38. The molecule has 3 heterocycles. The number of nitrogens with zero attached hydrogens (tertiary/aromatic N) is 4. The molecule has 0 saturated carbocycles. The van der Waals surface area contributed by atoms with Crippen molar-refractivity contribution >= 4 is 17.7 Å². The molecule has 0 bridgehead atoms. The Balaban J connectivity index is 1.48. The van der Waals surface area contributed by atoms with Crippen LogP contribution in [0.3, 0.4) is 0 Å². The first-order valence-electron chi connectivity index (χ1n) is 13.3. The number of hydrogen-bond donors (Lipinski definition) is 3. The van der Waals surface area contributed by atoms with Crippen molar-refractivity contribution in [1.29, 1.82) is 0 Å². The van der Waals surface area contributed by atoms with Crippen molar-refractivity contribution in [1.82, 2.24) is 19.9 Å². The SMILES string of the molecule is CC(C)(C)OC(=O)N1CCC[C@H](Nc2nccc(-c3cccnc3Oc3cccc(NCC(O)C(F)(F)F)c3F)n2)C1. The van der Waals surface area contributed by atoms with E-state index in [1.54, 1.807) is 23.1 Å². The number of carbonyl (C=O) groups excluding carboxylic acids is 1. The molecule has 14 heteroatoms. The van der Waals surface area contributed by atoms with Gasteiger partial charge in [-0.15, -0.1) is 0 Å². The number of halogens is 4. The Morgan fingerprint density at radius 2 is 1.93 bits per heavy atom. The average molecular weight is 593 g/mol. The first-order valence-corrected chi connectivity index (χ1v) is 13.3. The Labute approximate surface area is 240 Å². The summed E-state index contributed by atoms with van der Waals surface area (Å²) in [6, 6.07) is 8.72. The van der Waals surface area contributed by atoms with Crippen LogP contribution >= 0.6 is 0 Å². The lowest BCUT2D eigenvalue weighted by atomic mass is 10.1. The molecule has 2 aromatic heterocycles. The number of ether oxygens (including phenoxy) is 2. The molecule has 0 spiro atoms. The fourth-order valence-corrected chi connectivity index (χ4v) is 4.17. The number of aliphatic hydroxyl groups is 1. The Morgan fingerprint density at radius 1 is 1.14 bits per heavy atom. The number of aromatic nitrogens is 3. The Bertz CT molecular complexity index is 1380. The highest BCUT2D eigenvalue weighted by Crippen LogP contribution is 2.34. The molecule has 1 aliphatic heterocycles. The summed E-state index contributed by atoms with van der Waals surface area (Å²) < 4.78 is 64.2. The summed E-state index contributed by atoms with van der Waals surface area (Å²) in [5.74, 6) is -0.945. The minimum Gasteiger partial charge on any atom is -0.444 e. The van der Waals surface area contributed by atoms with Crippen LogP contribution < -0.4 is 15.4 Å². The first-order chi connectivity index (χ1) is 19.8. The van der Waals surface area contributed by atoms with Crippen LogP contribution in [0, 0.1) is 5.82 Å². The van der Waals surface area contributed by atoms with Gasteiger partial charge in [0, 0.05) is 38.1 Å². The van der Waals surface area contributed by atoms with Crippen molar-refractivity contribution in [2.45, 2.75) is 57.5 Å². The van der Waals surface area contributed by atoms with Crippen molar-refractivity contribution in [2.24, 2.45) is 0 Å². The van der Waals surface area contributed by atoms with Gasteiger partial charge in [0.05, 0.1) is 16.9 Å². The van der Waals surface area contributed by atoms with Crippen molar-refractivity contribution in [2.75, 3.05) is 30.3 Å². The van der Waals surface area contributed by atoms with E-state index in [4.69, 9.17) is 9.47 Å². The number of likely N-dealkylation sites (tertiary alicyclic amines) is 1. The van der Waals surface area contributed by atoms with Crippen molar-refractivity contribution in [3.8, 4) is 22.9 Å². The van der Waals surface area contributed by atoms with Gasteiger partial charge in [0.25, 0.3) is 0 Å². The van der Waals surface area contributed by atoms with E-state index in [2.05, 4.69) is 25.6 Å². The Morgan fingerprint density at radius 3 is 2.67 bits per heavy atom. The molecule has 1 fully saturated rings. The number of benzene rings is 1. The molecule has 1 aromatic carbocycles. The zero-order valence-corrected chi connectivity index (χ0v) is 23.3. The number of amides is 1. The zero-order valence-electron chi connectivity index (χ0n) is 23.3. The largest absolute Gasteiger partial charge is 0.444 e. The van der Waals surface area contributed by atoms with Gasteiger partial charge in [0.15, 0.2) is 17.7 Å². The number of alkyl halides is 3. The Kier molecular flexibility index (Phi) is 9.34. The van der Waals surface area contributed by atoms with Crippen LogP contribution in [-0.4, -0.2) is 74.6 Å². The summed E-state index contributed by atoms with van der Waals surface area (Å²) in [6.07, 6.45) is -3.37. The van der Waals surface area contributed by atoms with Crippen LogP contribution in [0.2, 0.25) is 0 Å². The predicted molar refractivity (Wildman–Crippen MR) is 147 cm³/mol. The molecule has 226 valence electrons. The van der Waals surface area contributed by atoms with Crippen LogP contribution in [0.5, 0.6) is 11.6 Å². The molecule has 0 radical (unpaired) electrons. The first kappa shape index (κ1) is 30.8. The highest BCUT2D eigenvalue weighted by molar-refractivity contribution is 5.68. The van der Waals surface area contributed by atoms with E-state index in [9.17, 15) is 23.1 Å². The minimum atomic E-state index is -4.85. The molecule has 1 amide bonds. The van der Waals surface area contributed by atoms with Crippen LogP contribution in [0.4, 0.5) is 34.0 Å². The third-order valence-electron chi connectivity index (χ3n) is 6.14. The number of hydrogen-bond acceptors (Lipinski definition) is 9. The number of carbonyl (C=O) groups is 1. The standard InChI is InChI=1S/C28H32F4N6O4/c1-27(2,3)42-26(40)38-14-6-7-17(16-38)36-25-34-13-11-19(37-25)18-8-5-12-33-24(18)41-21-10-4-9-20(23(21)29)35-15-22(39)28(30,31)32/h4-5,8-13,17,22,35,39H,6-7,14-16H2,1-3H3,(H,34,36,37)/t17-,22?/m0/s1. The molecule has 1 saturated heterocycles. The summed E-state index contributed by atoms with van der Waals surface area (Å²) in [5, 5.41) is 14.7. The lowest BCUT2D eigenvalue weighted by molar-refractivity contribution is -0.198. The number of piperidine rings is 1. The number of pyridine rings is 1. The van der Waals surface area contributed by atoms with Crippen molar-refractivity contribution in [3.05, 3.63) is 54.6 Å². The fraction of sp³-hybridized carbons (Fsp3) is 0.429. The lowest BCUT2D eigenvalue weighted by Gasteiger charge is -2.34. The van der Waals surface area contributed by atoms with Gasteiger partial charge in [-0.2, -0.15) is 13.2 Å². The lowest BCUT2D eigenvalue weighted by Crippen LogP contribution is -2.47. The molecule has 3 N–H and O–H groups in total. The van der Waals surface area contributed by atoms with Crippen LogP contribution in [0.1, 0.15) is 33.6 Å². The third-order valence-corrected chi connectivity index (χ3v) is 6.14. The van der Waals surface area contributed by atoms with Gasteiger partial charge >= 0.3 is 12.3 Å². The van der Waals surface area contributed by atoms with Gasteiger partial charge in [-0.25, -0.2) is 24.1 Å². The van der Waals surface area contributed by atoms with Crippen LogP contribution in [0.25, 0.3) is 11.3 Å². The van der Waals surface area contributed by atoms with E-state index in [-0.39, 0.29) is 29.5 Å². The van der Waals surface area contributed by atoms with E-state index in [1.165, 1.54) is 30.6 Å². The van der Waals surface area contributed by atoms with Gasteiger partial charge < -0.3 is 30.1 Å². The van der Waals surface area contributed by atoms with E-state index >= 15 is 4.39 Å². The van der Waals surface area contributed by atoms with Crippen LogP contribution in [-0.2, 0) is 4.74 Å². The second-order valence-electron chi connectivity index (χ2n) is 10.7. The monoisotopic (exact) mass is 592 g/mol. The highest BCUT2D eigenvalue weighted by atomic mass is 19.4. The molecule has 1 unspecified atom stereocenters. The van der Waals surface area contributed by atoms with Gasteiger partial charge in [-0.3, -0.25) is 0 Å². The van der Waals surface area contributed by atoms with Gasteiger partial charge in [-0.05, 0) is 63.9 Å². The number of anilines is 2. The zero-order chi connectivity index (χ0) is 30.5. The Hall–Kier alpha value is -4.20. The summed E-state index contributed by atoms with van der Waals surface area (Å²) in [7, 11) is 0. The molecule has 42 heavy (non-hydrogen) atoms. The van der Waals surface area contributed by atoms with Crippen molar-refractivity contribution in [3.63, 3.8) is 0 Å².